The summed E-state index contributed by atoms with van der Waals surface area (Å²) in [5.41, 5.74) is 1.74. The zero-order valence-electron chi connectivity index (χ0n) is 9.97. The van der Waals surface area contributed by atoms with Crippen LogP contribution in [0.3, 0.4) is 0 Å². The molecule has 20 heavy (non-hydrogen) atoms. The third kappa shape index (κ3) is 2.81. The summed E-state index contributed by atoms with van der Waals surface area (Å²) in [6, 6.07) is 6.61. The van der Waals surface area contributed by atoms with Crippen LogP contribution >= 0.6 is 0 Å². The molecule has 8 heteroatoms. The topological polar surface area (TPSA) is 90.4 Å². The smallest absolute Gasteiger partial charge is 0.335 e. The average Bonchev–Trinajstić information content (AvgIpc) is 2.36. The van der Waals surface area contributed by atoms with E-state index in [1.165, 1.54) is 18.2 Å². The highest BCUT2D eigenvalue weighted by atomic mass is 19.1. The molecule has 0 saturated carbocycles. The molecule has 0 aromatic heterocycles. The zero-order valence-corrected chi connectivity index (χ0v) is 9.97. The maximum atomic E-state index is 13.0. The Morgan fingerprint density at radius 2 is 1.85 bits per heavy atom. The van der Waals surface area contributed by atoms with Crippen LogP contribution in [0.4, 0.5) is 20.2 Å². The van der Waals surface area contributed by atoms with E-state index in [0.717, 1.165) is 12.1 Å². The molecule has 0 amide bonds. The fourth-order valence-electron chi connectivity index (χ4n) is 1.62. The van der Waals surface area contributed by atoms with Gasteiger partial charge in [0.15, 0.2) is 0 Å². The van der Waals surface area contributed by atoms with Crippen molar-refractivity contribution in [1.29, 1.82) is 0 Å². The van der Waals surface area contributed by atoms with Crippen LogP contribution in [0.25, 0.3) is 0 Å². The number of hydrogen-bond donors (Lipinski definition) is 2. The molecule has 0 aliphatic heterocycles. The van der Waals surface area contributed by atoms with Gasteiger partial charge in [0.05, 0.1) is 4.92 Å². The van der Waals surface area contributed by atoms with E-state index in [9.17, 15) is 18.9 Å². The molecule has 3 N–H and O–H groups in total. The van der Waals surface area contributed by atoms with Gasteiger partial charge in [0, 0.05) is 18.2 Å². The Hall–Kier alpha value is -2.74. The number of nitrogen functional groups attached to an aromatic ring is 1. The number of hydrogen-bond acceptors (Lipinski definition) is 5. The number of hydrazine groups is 1. The van der Waals surface area contributed by atoms with Crippen LogP contribution in [0.5, 0.6) is 11.5 Å². The van der Waals surface area contributed by atoms with E-state index in [2.05, 4.69) is 5.43 Å². The van der Waals surface area contributed by atoms with Gasteiger partial charge < -0.3 is 10.2 Å². The van der Waals surface area contributed by atoms with Crippen LogP contribution in [-0.4, -0.2) is 4.92 Å². The first-order valence-electron chi connectivity index (χ1n) is 5.39. The maximum Gasteiger partial charge on any atom is 0.335 e. The monoisotopic (exact) mass is 281 g/mol. The molecule has 0 spiro atoms. The zero-order chi connectivity index (χ0) is 14.7. The molecular weight excluding hydrogens is 272 g/mol. The molecule has 0 saturated heterocycles. The summed E-state index contributed by atoms with van der Waals surface area (Å²) in [5.74, 6) is 3.09. The van der Waals surface area contributed by atoms with Gasteiger partial charge in [-0.2, -0.15) is 0 Å². The second-order valence-corrected chi connectivity index (χ2v) is 3.76. The molecule has 0 radical (unpaired) electrons. The number of ether oxygens (including phenoxy) is 1. The van der Waals surface area contributed by atoms with E-state index >= 15 is 0 Å². The fraction of sp³-hybridized carbons (Fsp3) is 0. The lowest BCUT2D eigenvalue weighted by atomic mass is 10.2. The largest absolute Gasteiger partial charge is 0.450 e. The van der Waals surface area contributed by atoms with Gasteiger partial charge in [0.1, 0.15) is 23.1 Å². The summed E-state index contributed by atoms with van der Waals surface area (Å²) < 4.78 is 31.3. The molecule has 104 valence electrons. The summed E-state index contributed by atoms with van der Waals surface area (Å²) in [6.45, 7) is 0. The number of nitrogens with zero attached hydrogens (tertiary/aromatic N) is 1. The van der Waals surface area contributed by atoms with Crippen molar-refractivity contribution in [2.24, 2.45) is 5.84 Å². The molecule has 0 heterocycles. The highest BCUT2D eigenvalue weighted by Gasteiger charge is 2.21. The number of benzene rings is 2. The van der Waals surface area contributed by atoms with Crippen LogP contribution in [0, 0.1) is 21.7 Å². The highest BCUT2D eigenvalue weighted by Crippen LogP contribution is 2.37. The molecule has 2 aromatic carbocycles. The summed E-state index contributed by atoms with van der Waals surface area (Å²) in [5, 5.41) is 11.0. The van der Waals surface area contributed by atoms with Crippen LogP contribution in [0.2, 0.25) is 0 Å². The van der Waals surface area contributed by atoms with E-state index in [1.807, 2.05) is 0 Å². The van der Waals surface area contributed by atoms with E-state index in [4.69, 9.17) is 10.6 Å². The first-order chi connectivity index (χ1) is 9.51. The van der Waals surface area contributed by atoms with Gasteiger partial charge in [-0.1, -0.05) is 6.07 Å². The molecule has 0 atom stereocenters. The lowest BCUT2D eigenvalue weighted by Crippen LogP contribution is -2.09. The van der Waals surface area contributed by atoms with Gasteiger partial charge in [0.2, 0.25) is 5.75 Å². The standard InChI is InChI=1S/C12H9F2N3O3/c13-7-4-8(14)6-9(5-7)20-11-3-1-2-10(16-15)12(11)17(18)19/h1-6,16H,15H2. The Bertz CT molecular complexity index is 644. The van der Waals surface area contributed by atoms with Gasteiger partial charge in [-0.15, -0.1) is 0 Å². The lowest BCUT2D eigenvalue weighted by molar-refractivity contribution is -0.384. The van der Waals surface area contributed by atoms with E-state index < -0.39 is 22.2 Å². The number of nitro benzene ring substituents is 1. The summed E-state index contributed by atoms with van der Waals surface area (Å²) >= 11 is 0. The molecular formula is C12H9F2N3O3. The van der Waals surface area contributed by atoms with Crippen molar-refractivity contribution >= 4 is 11.4 Å². The molecule has 0 aliphatic carbocycles. The Labute approximate surface area is 111 Å². The lowest BCUT2D eigenvalue weighted by Gasteiger charge is -2.09. The van der Waals surface area contributed by atoms with Crippen LogP contribution in [-0.2, 0) is 0 Å². The average molecular weight is 281 g/mol. The predicted octanol–water partition coefficient (Wildman–Crippen LogP) is 2.95. The molecule has 2 rings (SSSR count). The maximum absolute atomic E-state index is 13.0. The van der Waals surface area contributed by atoms with Crippen LogP contribution in [0.15, 0.2) is 36.4 Å². The minimum Gasteiger partial charge on any atom is -0.450 e. The first-order valence-corrected chi connectivity index (χ1v) is 5.39. The first kappa shape index (κ1) is 13.7. The molecule has 0 aliphatic rings. The number of anilines is 1. The molecule has 0 bridgehead atoms. The number of nitrogens with two attached hydrogens (primary N) is 1. The van der Waals surface area contributed by atoms with Gasteiger partial charge >= 0.3 is 5.69 Å². The Morgan fingerprint density at radius 3 is 2.40 bits per heavy atom. The van der Waals surface area contributed by atoms with Crippen molar-refractivity contribution in [3.8, 4) is 11.5 Å². The quantitative estimate of drug-likeness (QED) is 0.511. The van der Waals surface area contributed by atoms with E-state index in [-0.39, 0.29) is 17.2 Å². The van der Waals surface area contributed by atoms with E-state index in [1.54, 1.807) is 0 Å². The summed E-state index contributed by atoms with van der Waals surface area (Å²) in [7, 11) is 0. The van der Waals surface area contributed by atoms with Gasteiger partial charge in [0.25, 0.3) is 0 Å². The number of nitrogens with one attached hydrogen (secondary N) is 1. The number of para-hydroxylation sites is 1. The van der Waals surface area contributed by atoms with Crippen molar-refractivity contribution in [3.05, 3.63) is 58.1 Å². The highest BCUT2D eigenvalue weighted by molar-refractivity contribution is 5.68. The van der Waals surface area contributed by atoms with Gasteiger partial charge in [-0.25, -0.2) is 8.78 Å². The van der Waals surface area contributed by atoms with Crippen molar-refractivity contribution < 1.29 is 18.4 Å². The third-order valence-corrected chi connectivity index (χ3v) is 2.40. The minimum atomic E-state index is -0.851. The van der Waals surface area contributed by atoms with Gasteiger partial charge in [-0.3, -0.25) is 16.0 Å². The summed E-state index contributed by atoms with van der Waals surface area (Å²) in [4.78, 5) is 10.3. The number of halogens is 2. The second-order valence-electron chi connectivity index (χ2n) is 3.76. The summed E-state index contributed by atoms with van der Waals surface area (Å²) in [6.07, 6.45) is 0. The molecule has 2 aromatic rings. The fourth-order valence-corrected chi connectivity index (χ4v) is 1.62. The van der Waals surface area contributed by atoms with Crippen molar-refractivity contribution in [1.82, 2.24) is 0 Å². The van der Waals surface area contributed by atoms with Crippen molar-refractivity contribution in [2.45, 2.75) is 0 Å². The minimum absolute atomic E-state index is 0.0179. The van der Waals surface area contributed by atoms with Crippen molar-refractivity contribution in [2.75, 3.05) is 5.43 Å². The second kappa shape index (κ2) is 5.49. The van der Waals surface area contributed by atoms with Gasteiger partial charge in [-0.05, 0) is 12.1 Å². The van der Waals surface area contributed by atoms with E-state index in [0.29, 0.717) is 6.07 Å². The SMILES string of the molecule is NNc1cccc(Oc2cc(F)cc(F)c2)c1[N+](=O)[O-]. The normalized spacial score (nSPS) is 10.2. The molecule has 6 nitrogen and oxygen atoms in total. The van der Waals surface area contributed by atoms with Crippen molar-refractivity contribution in [3.63, 3.8) is 0 Å². The van der Waals surface area contributed by atoms with Crippen LogP contribution < -0.4 is 16.0 Å². The van der Waals surface area contributed by atoms with Crippen LogP contribution in [0.1, 0.15) is 0 Å². The molecule has 0 fully saturated rings. The Kier molecular flexibility index (Phi) is 3.76. The number of rotatable bonds is 4. The molecule has 0 unspecified atom stereocenters. The predicted molar refractivity (Wildman–Crippen MR) is 67.3 cm³/mol. The Morgan fingerprint density at radius 1 is 1.20 bits per heavy atom. The number of nitro groups is 1. The third-order valence-electron chi connectivity index (χ3n) is 2.40. The Balaban J connectivity index is 2.45.